The van der Waals surface area contributed by atoms with E-state index in [1.165, 1.54) is 0 Å². The second-order valence-corrected chi connectivity index (χ2v) is 8.78. The van der Waals surface area contributed by atoms with Crippen LogP contribution in [0.3, 0.4) is 0 Å². The molecule has 1 fully saturated rings. The van der Waals surface area contributed by atoms with Crippen LogP contribution in [0.4, 0.5) is 5.69 Å². The van der Waals surface area contributed by atoms with Crippen molar-refractivity contribution >= 4 is 17.5 Å². The first-order valence-electron chi connectivity index (χ1n) is 11.1. The molecule has 0 spiro atoms. The Labute approximate surface area is 193 Å². The van der Waals surface area contributed by atoms with Gasteiger partial charge in [-0.3, -0.25) is 14.6 Å². The summed E-state index contributed by atoms with van der Waals surface area (Å²) in [5.41, 5.74) is 2.63. The molecule has 1 aromatic carbocycles. The molecule has 0 bridgehead atoms. The van der Waals surface area contributed by atoms with Gasteiger partial charge >= 0.3 is 0 Å². The maximum absolute atomic E-state index is 12.5. The zero-order valence-electron chi connectivity index (χ0n) is 18.9. The van der Waals surface area contributed by atoms with E-state index in [0.29, 0.717) is 18.7 Å². The largest absolute Gasteiger partial charge is 0.487 e. The van der Waals surface area contributed by atoms with Crippen molar-refractivity contribution < 1.29 is 24.2 Å². The maximum atomic E-state index is 12.5. The summed E-state index contributed by atoms with van der Waals surface area (Å²) >= 11 is 0. The third kappa shape index (κ3) is 5.68. The highest BCUT2D eigenvalue weighted by Crippen LogP contribution is 2.47. The lowest BCUT2D eigenvalue weighted by Gasteiger charge is -2.37. The van der Waals surface area contributed by atoms with Crippen molar-refractivity contribution in [3.63, 3.8) is 0 Å². The van der Waals surface area contributed by atoms with E-state index in [0.717, 1.165) is 16.9 Å². The highest BCUT2D eigenvalue weighted by Gasteiger charge is 2.46. The SMILES string of the molecule is CN(C)CC(=O)Nc1ccc2c(c1)[C@H]1C[C@@H](CC(=O)NCc3ccncc3)O[C@H](CO)[C@H]1O2. The summed E-state index contributed by atoms with van der Waals surface area (Å²) in [5.74, 6) is 0.477. The number of carbonyl (C=O) groups excluding carboxylic acids is 2. The predicted molar refractivity (Wildman–Crippen MR) is 122 cm³/mol. The van der Waals surface area contributed by atoms with Crippen molar-refractivity contribution in [3.05, 3.63) is 53.9 Å². The molecular formula is C24H30N4O5. The molecule has 0 aliphatic carbocycles. The average Bonchev–Trinajstić information content (AvgIpc) is 3.15. The van der Waals surface area contributed by atoms with Crippen LogP contribution in [-0.2, 0) is 20.9 Å². The number of hydrogen-bond donors (Lipinski definition) is 3. The van der Waals surface area contributed by atoms with Gasteiger partial charge in [0.25, 0.3) is 0 Å². The number of likely N-dealkylation sites (N-methyl/N-ethyl adjacent to an activating group) is 1. The Morgan fingerprint density at radius 1 is 1.18 bits per heavy atom. The van der Waals surface area contributed by atoms with Gasteiger partial charge in [-0.25, -0.2) is 0 Å². The minimum atomic E-state index is -0.527. The van der Waals surface area contributed by atoms with E-state index < -0.39 is 6.10 Å². The van der Waals surface area contributed by atoms with Gasteiger partial charge < -0.3 is 30.1 Å². The summed E-state index contributed by atoms with van der Waals surface area (Å²) in [6.07, 6.45) is 2.96. The molecule has 4 atom stereocenters. The summed E-state index contributed by atoms with van der Waals surface area (Å²) in [4.78, 5) is 30.5. The molecule has 0 radical (unpaired) electrons. The van der Waals surface area contributed by atoms with E-state index in [2.05, 4.69) is 15.6 Å². The number of carbonyl (C=O) groups is 2. The van der Waals surface area contributed by atoms with Crippen molar-refractivity contribution in [2.75, 3.05) is 32.6 Å². The van der Waals surface area contributed by atoms with Gasteiger partial charge in [0.1, 0.15) is 18.0 Å². The number of ether oxygens (including phenoxy) is 2. The molecule has 0 saturated carbocycles. The van der Waals surface area contributed by atoms with Gasteiger partial charge in [-0.1, -0.05) is 0 Å². The smallest absolute Gasteiger partial charge is 0.238 e. The second-order valence-electron chi connectivity index (χ2n) is 8.78. The molecule has 1 saturated heterocycles. The zero-order valence-corrected chi connectivity index (χ0v) is 18.9. The number of aliphatic hydroxyl groups excluding tert-OH is 1. The van der Waals surface area contributed by atoms with Crippen molar-refractivity contribution in [3.8, 4) is 5.75 Å². The molecule has 9 heteroatoms. The monoisotopic (exact) mass is 454 g/mol. The minimum absolute atomic E-state index is 0.0328. The Balaban J connectivity index is 1.42. The van der Waals surface area contributed by atoms with E-state index in [4.69, 9.17) is 9.47 Å². The number of pyridine rings is 1. The van der Waals surface area contributed by atoms with E-state index in [-0.39, 0.29) is 49.5 Å². The summed E-state index contributed by atoms with van der Waals surface area (Å²) in [5, 5.41) is 15.7. The topological polar surface area (TPSA) is 113 Å². The van der Waals surface area contributed by atoms with Crippen LogP contribution >= 0.6 is 0 Å². The Bertz CT molecular complexity index is 984. The second kappa shape index (κ2) is 10.3. The number of aromatic nitrogens is 1. The number of aliphatic hydroxyl groups is 1. The Hall–Kier alpha value is -3.01. The minimum Gasteiger partial charge on any atom is -0.487 e. The van der Waals surface area contributed by atoms with Crippen LogP contribution in [0.1, 0.15) is 29.9 Å². The number of amides is 2. The molecule has 3 heterocycles. The predicted octanol–water partition coefficient (Wildman–Crippen LogP) is 1.28. The molecule has 33 heavy (non-hydrogen) atoms. The van der Waals surface area contributed by atoms with Crippen LogP contribution < -0.4 is 15.4 Å². The lowest BCUT2D eigenvalue weighted by molar-refractivity contribution is -0.142. The molecule has 2 aliphatic heterocycles. The highest BCUT2D eigenvalue weighted by atomic mass is 16.6. The Morgan fingerprint density at radius 2 is 1.97 bits per heavy atom. The summed E-state index contributed by atoms with van der Waals surface area (Å²) in [6.45, 7) is 0.513. The van der Waals surface area contributed by atoms with Crippen molar-refractivity contribution in [2.24, 2.45) is 0 Å². The van der Waals surface area contributed by atoms with Crippen LogP contribution in [0, 0.1) is 0 Å². The average molecular weight is 455 g/mol. The lowest BCUT2D eigenvalue weighted by Crippen LogP contribution is -2.47. The summed E-state index contributed by atoms with van der Waals surface area (Å²) in [7, 11) is 3.68. The van der Waals surface area contributed by atoms with Crippen LogP contribution in [-0.4, -0.2) is 72.4 Å². The first-order valence-corrected chi connectivity index (χ1v) is 11.1. The van der Waals surface area contributed by atoms with Crippen molar-refractivity contribution in [1.29, 1.82) is 0 Å². The molecule has 4 rings (SSSR count). The summed E-state index contributed by atoms with van der Waals surface area (Å²) in [6, 6.07) is 9.28. The molecule has 176 valence electrons. The van der Waals surface area contributed by atoms with Crippen LogP contribution in [0.25, 0.3) is 0 Å². The number of hydrogen-bond acceptors (Lipinski definition) is 7. The normalized spacial score (nSPS) is 23.4. The number of nitrogens with one attached hydrogen (secondary N) is 2. The lowest BCUT2D eigenvalue weighted by atomic mass is 9.84. The number of anilines is 1. The quantitative estimate of drug-likeness (QED) is 0.551. The fourth-order valence-corrected chi connectivity index (χ4v) is 4.43. The van der Waals surface area contributed by atoms with Gasteiger partial charge in [0.05, 0.1) is 25.7 Å². The molecule has 0 unspecified atom stereocenters. The number of benzene rings is 1. The van der Waals surface area contributed by atoms with E-state index in [1.54, 1.807) is 17.3 Å². The maximum Gasteiger partial charge on any atom is 0.238 e. The Morgan fingerprint density at radius 3 is 2.70 bits per heavy atom. The molecule has 2 amide bonds. The van der Waals surface area contributed by atoms with E-state index in [1.807, 2.05) is 44.4 Å². The molecule has 2 aromatic rings. The van der Waals surface area contributed by atoms with E-state index >= 15 is 0 Å². The van der Waals surface area contributed by atoms with Gasteiger partial charge in [0.2, 0.25) is 11.8 Å². The van der Waals surface area contributed by atoms with Gasteiger partial charge in [-0.05, 0) is 56.4 Å². The van der Waals surface area contributed by atoms with Gasteiger partial charge in [0.15, 0.2) is 0 Å². The summed E-state index contributed by atoms with van der Waals surface area (Å²) < 4.78 is 12.1. The molecule has 3 N–H and O–H groups in total. The van der Waals surface area contributed by atoms with Crippen LogP contribution in [0.2, 0.25) is 0 Å². The molecular weight excluding hydrogens is 424 g/mol. The standard InChI is InChI=1S/C24H30N4O5/c1-28(2)13-23(31)27-16-3-4-20-18(9-16)19-10-17(32-21(14-29)24(19)33-20)11-22(30)26-12-15-5-7-25-8-6-15/h3-9,17,19,21,24,29H,10-14H2,1-2H3,(H,26,30)(H,27,31)/t17-,19+,21+,24-/m0/s1. The molecule has 2 aliphatic rings. The van der Waals surface area contributed by atoms with Crippen molar-refractivity contribution in [2.45, 2.75) is 43.6 Å². The van der Waals surface area contributed by atoms with Gasteiger partial charge in [-0.15, -0.1) is 0 Å². The van der Waals surface area contributed by atoms with Crippen LogP contribution in [0.15, 0.2) is 42.7 Å². The Kier molecular flexibility index (Phi) is 7.22. The number of nitrogens with zero attached hydrogens (tertiary/aromatic N) is 2. The number of fused-ring (bicyclic) bond motifs is 3. The fraction of sp³-hybridized carbons (Fsp3) is 0.458. The number of rotatable bonds is 8. The van der Waals surface area contributed by atoms with Crippen molar-refractivity contribution in [1.82, 2.24) is 15.2 Å². The molecule has 9 nitrogen and oxygen atoms in total. The van der Waals surface area contributed by atoms with Gasteiger partial charge in [-0.2, -0.15) is 0 Å². The van der Waals surface area contributed by atoms with E-state index in [9.17, 15) is 14.7 Å². The van der Waals surface area contributed by atoms with Crippen LogP contribution in [0.5, 0.6) is 5.75 Å². The van der Waals surface area contributed by atoms with Gasteiger partial charge in [0, 0.05) is 36.1 Å². The first kappa shape index (κ1) is 23.2. The fourth-order valence-electron chi connectivity index (χ4n) is 4.43. The third-order valence-electron chi connectivity index (χ3n) is 5.90. The molecule has 1 aromatic heterocycles. The zero-order chi connectivity index (χ0) is 23.4. The first-order chi connectivity index (χ1) is 15.9. The highest BCUT2D eigenvalue weighted by molar-refractivity contribution is 5.92. The third-order valence-corrected chi connectivity index (χ3v) is 5.90.